The lowest BCUT2D eigenvalue weighted by atomic mass is 9.88. The summed E-state index contributed by atoms with van der Waals surface area (Å²) in [6.45, 7) is 3.76. The quantitative estimate of drug-likeness (QED) is 0.290. The maximum absolute atomic E-state index is 13.1. The van der Waals surface area contributed by atoms with Crippen molar-refractivity contribution in [2.24, 2.45) is 0 Å². The van der Waals surface area contributed by atoms with Crippen molar-refractivity contribution < 1.29 is 19.3 Å². The number of aromatic nitrogens is 1. The van der Waals surface area contributed by atoms with Crippen LogP contribution in [0.3, 0.4) is 0 Å². The van der Waals surface area contributed by atoms with E-state index in [0.717, 1.165) is 37.4 Å². The molecule has 0 saturated carbocycles. The van der Waals surface area contributed by atoms with Crippen molar-refractivity contribution in [3.63, 3.8) is 0 Å². The van der Waals surface area contributed by atoms with Gasteiger partial charge in [0.15, 0.2) is 6.54 Å². The zero-order chi connectivity index (χ0) is 24.5. The molecule has 2 radical (unpaired) electrons. The Hall–Kier alpha value is -3.30. The number of rotatable bonds is 7. The summed E-state index contributed by atoms with van der Waals surface area (Å²) >= 11 is 3.13. The number of nitrogens with zero attached hydrogens (tertiary/aromatic N) is 2. The van der Waals surface area contributed by atoms with Gasteiger partial charge in [-0.2, -0.15) is 4.57 Å². The highest BCUT2D eigenvalue weighted by atomic mass is 32.2. The first-order valence-corrected chi connectivity index (χ1v) is 13.0. The van der Waals surface area contributed by atoms with Crippen LogP contribution in [0.2, 0.25) is 6.32 Å². The lowest BCUT2D eigenvalue weighted by Crippen LogP contribution is -2.41. The van der Waals surface area contributed by atoms with E-state index >= 15 is 0 Å². The molecule has 2 heterocycles. The van der Waals surface area contributed by atoms with Crippen molar-refractivity contribution in [1.82, 2.24) is 5.32 Å². The fraction of sp³-hybridized carbons (Fsp3) is 0.192. The van der Waals surface area contributed by atoms with Crippen LogP contribution in [-0.2, 0) is 16.1 Å². The molecular weight excluding hydrogens is 477 g/mol. The second-order valence-corrected chi connectivity index (χ2v) is 10.2. The third-order valence-electron chi connectivity index (χ3n) is 5.97. The monoisotopic (exact) mass is 500 g/mol. The second-order valence-electron chi connectivity index (χ2n) is 8.06. The van der Waals surface area contributed by atoms with E-state index in [2.05, 4.69) is 29.3 Å². The molecule has 0 bridgehead atoms. The van der Waals surface area contributed by atoms with E-state index in [1.807, 2.05) is 41.0 Å². The predicted octanol–water partition coefficient (Wildman–Crippen LogP) is 4.14. The van der Waals surface area contributed by atoms with E-state index in [9.17, 15) is 14.7 Å². The number of amides is 1. The van der Waals surface area contributed by atoms with Gasteiger partial charge < -0.3 is 15.3 Å². The molecule has 9 heteroatoms. The van der Waals surface area contributed by atoms with Gasteiger partial charge in [0, 0.05) is 23.6 Å². The number of allylic oxidation sites excluding steroid dienone is 3. The van der Waals surface area contributed by atoms with Crippen molar-refractivity contribution in [2.75, 3.05) is 18.0 Å². The van der Waals surface area contributed by atoms with E-state index in [1.165, 1.54) is 11.3 Å². The minimum Gasteiger partial charge on any atom is -0.506 e. The van der Waals surface area contributed by atoms with Crippen molar-refractivity contribution in [3.8, 4) is 0 Å². The van der Waals surface area contributed by atoms with Gasteiger partial charge in [-0.05, 0) is 37.5 Å². The van der Waals surface area contributed by atoms with E-state index in [1.54, 1.807) is 23.9 Å². The molecule has 174 valence electrons. The number of nitrogens with one attached hydrogen (secondary N) is 1. The zero-order valence-corrected chi connectivity index (χ0v) is 20.8. The molecule has 1 aliphatic heterocycles. The molecule has 1 aromatic heterocycles. The molecule has 1 aliphatic carbocycles. The van der Waals surface area contributed by atoms with E-state index in [-0.39, 0.29) is 23.8 Å². The molecule has 0 spiro atoms. The Kier molecular flexibility index (Phi) is 6.53. The topological polar surface area (TPSA) is 73.5 Å². The Morgan fingerprint density at radius 2 is 1.94 bits per heavy atom. The van der Waals surface area contributed by atoms with Gasteiger partial charge in [0.05, 0.1) is 36.3 Å². The van der Waals surface area contributed by atoms with Gasteiger partial charge in [-0.25, -0.2) is 0 Å². The molecular formula is C26H23BN3O3S2+. The number of carbonyl (C=O) groups is 2. The number of thiazole rings is 1. The maximum Gasteiger partial charge on any atom is 0.263 e. The highest BCUT2D eigenvalue weighted by Crippen LogP contribution is 2.47. The third-order valence-corrected chi connectivity index (χ3v) is 8.19. The number of fused-ring (bicyclic) bond motifs is 2. The Labute approximate surface area is 213 Å². The molecule has 0 fully saturated rings. The number of carbonyl (C=O) groups excluding carboxylic acids is 2. The van der Waals surface area contributed by atoms with Gasteiger partial charge in [-0.15, -0.1) is 0 Å². The van der Waals surface area contributed by atoms with E-state index < -0.39 is 0 Å². The molecule has 2 aromatic carbocycles. The van der Waals surface area contributed by atoms with Crippen molar-refractivity contribution >= 4 is 64.6 Å². The van der Waals surface area contributed by atoms with Crippen molar-refractivity contribution in [2.45, 2.75) is 24.7 Å². The molecule has 2 N–H and O–H groups in total. The lowest BCUT2D eigenvalue weighted by molar-refractivity contribution is -0.666. The van der Waals surface area contributed by atoms with Crippen LogP contribution in [0.25, 0.3) is 16.3 Å². The number of para-hydroxylation sites is 2. The molecule has 0 atom stereocenters. The molecule has 3 aromatic rings. The summed E-state index contributed by atoms with van der Waals surface area (Å²) in [7, 11) is 5.38. The SMILES string of the molecule is [B]CC(=O)NCC[n+]1c(/C=C2\C(=O)C(/C=C3\Sc4ccccc4N3CC)=C2O)sc2ccccc21. The first-order valence-electron chi connectivity index (χ1n) is 11.4. The van der Waals surface area contributed by atoms with Crippen LogP contribution in [0, 0.1) is 0 Å². The first kappa shape index (κ1) is 23.4. The van der Waals surface area contributed by atoms with Gasteiger partial charge >= 0.3 is 0 Å². The van der Waals surface area contributed by atoms with Gasteiger partial charge in [-0.3, -0.25) is 9.59 Å². The number of ketones is 1. The fourth-order valence-corrected chi connectivity index (χ4v) is 6.51. The van der Waals surface area contributed by atoms with Gasteiger partial charge in [0.25, 0.3) is 5.01 Å². The highest BCUT2D eigenvalue weighted by Gasteiger charge is 2.36. The van der Waals surface area contributed by atoms with Crippen LogP contribution in [0.15, 0.2) is 81.4 Å². The average molecular weight is 500 g/mol. The Morgan fingerprint density at radius 1 is 1.17 bits per heavy atom. The van der Waals surface area contributed by atoms with Crippen molar-refractivity contribution in [3.05, 3.63) is 81.5 Å². The summed E-state index contributed by atoms with van der Waals surface area (Å²) in [4.78, 5) is 27.9. The summed E-state index contributed by atoms with van der Waals surface area (Å²) in [5.74, 6) is -0.385. The highest BCUT2D eigenvalue weighted by molar-refractivity contribution is 8.03. The molecule has 0 unspecified atom stereocenters. The Bertz CT molecular complexity index is 1440. The van der Waals surface area contributed by atoms with Crippen LogP contribution in [-0.4, -0.2) is 37.7 Å². The zero-order valence-electron chi connectivity index (χ0n) is 19.2. The normalized spacial score (nSPS) is 17.4. The smallest absolute Gasteiger partial charge is 0.263 e. The first-order chi connectivity index (χ1) is 17.0. The molecule has 2 aliphatic rings. The van der Waals surface area contributed by atoms with Crippen LogP contribution in [0.1, 0.15) is 11.9 Å². The van der Waals surface area contributed by atoms with Crippen LogP contribution in [0.4, 0.5) is 5.69 Å². The minimum absolute atomic E-state index is 0.00977. The van der Waals surface area contributed by atoms with Gasteiger partial charge in [0.1, 0.15) is 10.5 Å². The number of benzene rings is 2. The Balaban J connectivity index is 1.45. The number of Topliss-reactive ketones (excluding diaryl/α,β-unsaturated/α-hetero) is 1. The molecule has 35 heavy (non-hydrogen) atoms. The maximum atomic E-state index is 13.1. The lowest BCUT2D eigenvalue weighted by Gasteiger charge is -2.22. The number of anilines is 1. The summed E-state index contributed by atoms with van der Waals surface area (Å²) in [6.07, 6.45) is 3.46. The van der Waals surface area contributed by atoms with Crippen LogP contribution in [0.5, 0.6) is 0 Å². The Morgan fingerprint density at radius 3 is 2.71 bits per heavy atom. The summed E-state index contributed by atoms with van der Waals surface area (Å²) < 4.78 is 3.10. The average Bonchev–Trinajstić information content (AvgIpc) is 3.42. The standard InChI is InChI=1S/C26H22BN3O3S2/c1-2-29-18-7-3-5-9-20(18)34-23(29)13-16-25(32)17(26(16)33)14-24-30(12-11-28-22(31)15-27)19-8-4-6-10-21(19)35-24/h3-10,13-14H,2,11-12,15H2,1H3,(H-,28,31,32,33)/p+1. The summed E-state index contributed by atoms with van der Waals surface area (Å²) in [6, 6.07) is 16.0. The molecule has 0 saturated heterocycles. The predicted molar refractivity (Wildman–Crippen MR) is 142 cm³/mol. The van der Waals surface area contributed by atoms with E-state index in [0.29, 0.717) is 24.2 Å². The van der Waals surface area contributed by atoms with Crippen molar-refractivity contribution in [1.29, 1.82) is 0 Å². The van der Waals surface area contributed by atoms with Gasteiger partial charge in [-0.1, -0.05) is 47.4 Å². The number of aliphatic hydroxyl groups excluding tert-OH is 1. The fourth-order valence-electron chi connectivity index (χ4n) is 4.21. The molecule has 1 amide bonds. The number of hydrogen-bond acceptors (Lipinski definition) is 6. The summed E-state index contributed by atoms with van der Waals surface area (Å²) in [5.41, 5.74) is 2.74. The third kappa shape index (κ3) is 4.30. The minimum atomic E-state index is -0.217. The van der Waals surface area contributed by atoms with Gasteiger partial charge in [0.2, 0.25) is 17.2 Å². The molecule has 5 rings (SSSR count). The summed E-state index contributed by atoms with van der Waals surface area (Å²) in [5, 5.41) is 15.4. The molecule has 6 nitrogen and oxygen atoms in total. The second kappa shape index (κ2) is 9.75. The number of thioether (sulfide) groups is 1. The van der Waals surface area contributed by atoms with Crippen LogP contribution < -0.4 is 14.8 Å². The van der Waals surface area contributed by atoms with Crippen LogP contribution >= 0.6 is 23.1 Å². The number of hydrogen-bond donors (Lipinski definition) is 2. The number of aliphatic hydroxyl groups is 1. The van der Waals surface area contributed by atoms with E-state index in [4.69, 9.17) is 7.85 Å². The largest absolute Gasteiger partial charge is 0.506 e.